The summed E-state index contributed by atoms with van der Waals surface area (Å²) in [4.78, 5) is 27.5. The van der Waals surface area contributed by atoms with Crippen molar-refractivity contribution in [3.63, 3.8) is 0 Å². The monoisotopic (exact) mass is 738 g/mol. The van der Waals surface area contributed by atoms with E-state index < -0.39 is 0 Å². The molecular formula is C44H84BrNO2. The minimum absolute atomic E-state index is 0. The van der Waals surface area contributed by atoms with E-state index in [0.717, 1.165) is 51.4 Å². The Bertz CT molecular complexity index is 684. The van der Waals surface area contributed by atoms with Crippen molar-refractivity contribution >= 4 is 11.8 Å². The Hall–Kier alpha value is -0.740. The van der Waals surface area contributed by atoms with Gasteiger partial charge in [0.25, 0.3) is 0 Å². The second-order valence-electron chi connectivity index (χ2n) is 14.6. The standard InChI is InChI=1S/C44H84NO2.BrH/c1-5-9-13-15-17-19-21-23-25-27-29-31-33-35-37-39-43(46)45(41-11-7-3,42-12-8-4)44(47)40-38-36-34-32-30-28-26-24-22-20-18-16-14-10-6-2;/h23-26H,5-22,27-42H2,1-4H3;1H/q+1;/p-1. The van der Waals surface area contributed by atoms with Crippen molar-refractivity contribution in [2.75, 3.05) is 13.1 Å². The van der Waals surface area contributed by atoms with Crippen LogP contribution in [-0.2, 0) is 9.59 Å². The molecular weight excluding hydrogens is 654 g/mol. The third kappa shape index (κ3) is 29.0. The second-order valence-corrected chi connectivity index (χ2v) is 14.6. The lowest BCUT2D eigenvalue weighted by atomic mass is 10.0. The fraction of sp³-hybridized carbons (Fsp3) is 0.864. The maximum absolute atomic E-state index is 13.7. The molecule has 0 radical (unpaired) electrons. The average Bonchev–Trinajstić information content (AvgIpc) is 3.08. The molecule has 0 saturated heterocycles. The van der Waals surface area contributed by atoms with Gasteiger partial charge in [-0.2, -0.15) is 4.48 Å². The van der Waals surface area contributed by atoms with Crippen molar-refractivity contribution in [1.82, 2.24) is 0 Å². The van der Waals surface area contributed by atoms with Gasteiger partial charge in [0, 0.05) is 0 Å². The van der Waals surface area contributed by atoms with Crippen LogP contribution < -0.4 is 17.0 Å². The van der Waals surface area contributed by atoms with Gasteiger partial charge in [-0.1, -0.05) is 168 Å². The Labute approximate surface area is 312 Å². The number of allylic oxidation sites excluding steroid dienone is 4. The van der Waals surface area contributed by atoms with Gasteiger partial charge in [0.15, 0.2) is 0 Å². The van der Waals surface area contributed by atoms with E-state index in [0.29, 0.717) is 25.9 Å². The first-order valence-corrected chi connectivity index (χ1v) is 21.3. The van der Waals surface area contributed by atoms with Gasteiger partial charge in [0.05, 0.1) is 25.9 Å². The van der Waals surface area contributed by atoms with Crippen LogP contribution in [0, 0.1) is 0 Å². The van der Waals surface area contributed by atoms with Crippen LogP contribution in [0.4, 0.5) is 0 Å². The number of carbonyl (C=O) groups excluding carboxylic acids is 2. The van der Waals surface area contributed by atoms with E-state index in [1.807, 2.05) is 0 Å². The van der Waals surface area contributed by atoms with Crippen molar-refractivity contribution in [1.29, 1.82) is 0 Å². The number of rotatable bonds is 36. The first kappa shape index (κ1) is 49.4. The number of hydrogen-bond acceptors (Lipinski definition) is 2. The Morgan fingerprint density at radius 1 is 0.354 bits per heavy atom. The van der Waals surface area contributed by atoms with Crippen LogP contribution in [0.1, 0.15) is 233 Å². The zero-order valence-electron chi connectivity index (χ0n) is 33.0. The molecule has 0 aromatic carbocycles. The van der Waals surface area contributed by atoms with E-state index in [2.05, 4.69) is 52.0 Å². The molecule has 284 valence electrons. The molecule has 0 spiro atoms. The second kappa shape index (κ2) is 39.1. The Balaban J connectivity index is 0. The van der Waals surface area contributed by atoms with Crippen molar-refractivity contribution in [2.45, 2.75) is 233 Å². The molecule has 0 heterocycles. The fourth-order valence-electron chi connectivity index (χ4n) is 6.73. The summed E-state index contributed by atoms with van der Waals surface area (Å²) in [5.74, 6) is 0.421. The van der Waals surface area contributed by atoms with E-state index in [9.17, 15) is 9.59 Å². The van der Waals surface area contributed by atoms with Crippen LogP contribution in [0.2, 0.25) is 0 Å². The van der Waals surface area contributed by atoms with E-state index in [1.165, 1.54) is 141 Å². The van der Waals surface area contributed by atoms with Gasteiger partial charge >= 0.3 is 11.8 Å². The van der Waals surface area contributed by atoms with Gasteiger partial charge < -0.3 is 17.0 Å². The lowest BCUT2D eigenvalue weighted by Crippen LogP contribution is -3.00. The van der Waals surface area contributed by atoms with Crippen molar-refractivity contribution < 1.29 is 31.1 Å². The maximum atomic E-state index is 13.7. The van der Waals surface area contributed by atoms with Crippen LogP contribution in [0.3, 0.4) is 0 Å². The molecule has 2 amide bonds. The summed E-state index contributed by atoms with van der Waals surface area (Å²) < 4.78 is 0.133. The normalized spacial score (nSPS) is 11.9. The van der Waals surface area contributed by atoms with Crippen molar-refractivity contribution in [3.05, 3.63) is 24.3 Å². The van der Waals surface area contributed by atoms with Crippen LogP contribution >= 0.6 is 0 Å². The molecule has 0 aliphatic rings. The lowest BCUT2D eigenvalue weighted by molar-refractivity contribution is -0.780. The zero-order valence-corrected chi connectivity index (χ0v) is 34.6. The molecule has 0 aliphatic heterocycles. The third-order valence-corrected chi connectivity index (χ3v) is 10.0. The molecule has 0 aromatic heterocycles. The first-order chi connectivity index (χ1) is 23.1. The largest absolute Gasteiger partial charge is 1.00 e. The minimum Gasteiger partial charge on any atom is -1.00 e. The summed E-state index contributed by atoms with van der Waals surface area (Å²) in [5.41, 5.74) is 0. The highest BCUT2D eigenvalue weighted by Crippen LogP contribution is 2.22. The number of amides is 2. The highest BCUT2D eigenvalue weighted by Gasteiger charge is 2.41. The highest BCUT2D eigenvalue weighted by molar-refractivity contribution is 5.84. The zero-order chi connectivity index (χ0) is 34.5. The molecule has 3 nitrogen and oxygen atoms in total. The fourth-order valence-corrected chi connectivity index (χ4v) is 6.73. The average molecular weight is 739 g/mol. The summed E-state index contributed by atoms with van der Waals surface area (Å²) in [6, 6.07) is 0. The predicted octanol–water partition coefficient (Wildman–Crippen LogP) is 11.5. The summed E-state index contributed by atoms with van der Waals surface area (Å²) in [5, 5.41) is 0. The number of unbranched alkanes of at least 4 members (excludes halogenated alkanes) is 24. The van der Waals surface area contributed by atoms with Gasteiger partial charge in [-0.3, -0.25) is 0 Å². The maximum Gasteiger partial charge on any atom is 0.321 e. The molecule has 0 aliphatic carbocycles. The van der Waals surface area contributed by atoms with Gasteiger partial charge in [-0.25, -0.2) is 9.59 Å². The minimum atomic E-state index is 0. The first-order valence-electron chi connectivity index (χ1n) is 21.3. The molecule has 0 unspecified atom stereocenters. The Morgan fingerprint density at radius 3 is 0.896 bits per heavy atom. The van der Waals surface area contributed by atoms with Crippen LogP contribution in [-0.4, -0.2) is 29.4 Å². The highest BCUT2D eigenvalue weighted by atomic mass is 79.9. The molecule has 0 aromatic rings. The van der Waals surface area contributed by atoms with E-state index in [-0.39, 0.29) is 33.3 Å². The van der Waals surface area contributed by atoms with E-state index in [1.54, 1.807) is 0 Å². The number of imide groups is 1. The third-order valence-electron chi connectivity index (χ3n) is 10.0. The smallest absolute Gasteiger partial charge is 0.321 e. The quantitative estimate of drug-likeness (QED) is 0.0364. The summed E-state index contributed by atoms with van der Waals surface area (Å²) in [6.07, 6.45) is 47.4. The number of halogens is 1. The molecule has 0 rings (SSSR count). The number of nitrogens with zero attached hydrogens (tertiary/aromatic N) is 1. The molecule has 0 bridgehead atoms. The van der Waals surface area contributed by atoms with E-state index in [4.69, 9.17) is 0 Å². The van der Waals surface area contributed by atoms with Gasteiger partial charge in [-0.05, 0) is 77.0 Å². The van der Waals surface area contributed by atoms with Crippen molar-refractivity contribution in [3.8, 4) is 0 Å². The summed E-state index contributed by atoms with van der Waals surface area (Å²) in [6.45, 7) is 10.3. The number of quaternary nitrogens is 1. The van der Waals surface area contributed by atoms with Crippen LogP contribution in [0.15, 0.2) is 24.3 Å². The van der Waals surface area contributed by atoms with Crippen LogP contribution in [0.5, 0.6) is 0 Å². The Kier molecular flexibility index (Phi) is 40.2. The predicted molar refractivity (Wildman–Crippen MR) is 209 cm³/mol. The molecule has 0 fully saturated rings. The molecule has 0 atom stereocenters. The lowest BCUT2D eigenvalue weighted by Gasteiger charge is -2.34. The Morgan fingerprint density at radius 2 is 0.604 bits per heavy atom. The molecule has 0 saturated carbocycles. The van der Waals surface area contributed by atoms with Gasteiger partial charge in [-0.15, -0.1) is 0 Å². The summed E-state index contributed by atoms with van der Waals surface area (Å²) in [7, 11) is 0. The SMILES string of the molecule is CCCCCCCCC=CCCCCCCCC(=O)[N+](CCCC)(CCCC)C(=O)CCCCCCCC=CCCCCCCCC.[Br-]. The van der Waals surface area contributed by atoms with Crippen LogP contribution in [0.25, 0.3) is 0 Å². The number of hydrogen-bond donors (Lipinski definition) is 0. The van der Waals surface area contributed by atoms with E-state index >= 15 is 0 Å². The molecule has 48 heavy (non-hydrogen) atoms. The molecule has 0 N–H and O–H groups in total. The topological polar surface area (TPSA) is 34.1 Å². The van der Waals surface area contributed by atoms with Gasteiger partial charge in [0.1, 0.15) is 0 Å². The molecule has 4 heteroatoms. The number of carbonyl (C=O) groups is 2. The summed E-state index contributed by atoms with van der Waals surface area (Å²) >= 11 is 0. The van der Waals surface area contributed by atoms with Crippen molar-refractivity contribution in [2.24, 2.45) is 0 Å². The van der Waals surface area contributed by atoms with Gasteiger partial charge in [0.2, 0.25) is 0 Å².